The number of benzene rings is 1. The normalized spacial score (nSPS) is 10.5. The summed E-state index contributed by atoms with van der Waals surface area (Å²) in [7, 11) is 0. The van der Waals surface area contributed by atoms with Gasteiger partial charge in [0.05, 0.1) is 0 Å². The van der Waals surface area contributed by atoms with Gasteiger partial charge >= 0.3 is 0 Å². The minimum atomic E-state index is 0.332. The van der Waals surface area contributed by atoms with Crippen LogP contribution in [-0.2, 0) is 0 Å². The number of fused-ring (bicyclic) bond motifs is 1. The lowest BCUT2D eigenvalue weighted by atomic mass is 10.1. The first kappa shape index (κ1) is 10.5. The molecule has 0 aliphatic carbocycles. The fourth-order valence-electron chi connectivity index (χ4n) is 1.52. The summed E-state index contributed by atoms with van der Waals surface area (Å²) in [5.74, 6) is 0. The predicted octanol–water partition coefficient (Wildman–Crippen LogP) is 2.94. The van der Waals surface area contributed by atoms with E-state index in [9.17, 15) is 0 Å². The number of nitrogens with two attached hydrogens (primary N) is 1. The first-order valence-electron chi connectivity index (χ1n) is 4.44. The van der Waals surface area contributed by atoms with E-state index in [1.165, 1.54) is 5.56 Å². The number of nitrogens with zero attached hydrogens (tertiary/aromatic N) is 1. The highest BCUT2D eigenvalue weighted by molar-refractivity contribution is 9.10. The fourth-order valence-corrected chi connectivity index (χ4v) is 2.13. The van der Waals surface area contributed by atoms with Gasteiger partial charge in [-0.25, -0.2) is 0 Å². The highest BCUT2D eigenvalue weighted by Gasteiger charge is 2.07. The van der Waals surface area contributed by atoms with E-state index in [0.29, 0.717) is 10.7 Å². The molecule has 0 saturated carbocycles. The highest BCUT2D eigenvalue weighted by atomic mass is 79.9. The third-order valence-corrected chi connectivity index (χ3v) is 3.05. The van der Waals surface area contributed by atoms with Crippen LogP contribution in [0.3, 0.4) is 0 Å². The van der Waals surface area contributed by atoms with Crippen LogP contribution in [0.1, 0.15) is 11.3 Å². The van der Waals surface area contributed by atoms with Gasteiger partial charge < -0.3 is 5.73 Å². The zero-order valence-electron chi connectivity index (χ0n) is 8.12. The average molecular weight is 281 g/mol. The van der Waals surface area contributed by atoms with Crippen molar-refractivity contribution in [1.29, 1.82) is 0 Å². The van der Waals surface area contributed by atoms with Gasteiger partial charge in [-0.2, -0.15) is 0 Å². The summed E-state index contributed by atoms with van der Waals surface area (Å²) in [6.45, 7) is 2.03. The van der Waals surface area contributed by atoms with Crippen LogP contribution in [0.4, 0.5) is 0 Å². The second-order valence-corrected chi connectivity index (χ2v) is 4.66. The van der Waals surface area contributed by atoms with Gasteiger partial charge in [-0.05, 0) is 34.3 Å². The molecule has 0 atom stereocenters. The number of aromatic nitrogens is 1. The molecule has 76 valence electrons. The first-order chi connectivity index (χ1) is 7.09. The molecule has 1 aromatic carbocycles. The van der Waals surface area contributed by atoms with Gasteiger partial charge in [-0.3, -0.25) is 4.98 Å². The minimum absolute atomic E-state index is 0.332. The van der Waals surface area contributed by atoms with Crippen molar-refractivity contribution in [3.63, 3.8) is 0 Å². The van der Waals surface area contributed by atoms with E-state index in [1.54, 1.807) is 6.20 Å². The number of rotatable bonds is 1. The zero-order valence-corrected chi connectivity index (χ0v) is 10.5. The Bertz CT molecular complexity index is 552. The molecule has 1 aromatic heterocycles. The molecule has 2 nitrogen and oxygen atoms in total. The van der Waals surface area contributed by atoms with Gasteiger partial charge in [-0.15, -0.1) is 0 Å². The van der Waals surface area contributed by atoms with Crippen molar-refractivity contribution in [3.05, 3.63) is 40.1 Å². The summed E-state index contributed by atoms with van der Waals surface area (Å²) in [5.41, 5.74) is 7.49. The second-order valence-electron chi connectivity index (χ2n) is 3.37. The third-order valence-electron chi connectivity index (χ3n) is 2.23. The second kappa shape index (κ2) is 3.87. The quantitative estimate of drug-likeness (QED) is 0.817. The molecule has 2 rings (SSSR count). The van der Waals surface area contributed by atoms with Crippen molar-refractivity contribution < 1.29 is 0 Å². The van der Waals surface area contributed by atoms with Gasteiger partial charge in [0.15, 0.2) is 0 Å². The van der Waals surface area contributed by atoms with Crippen LogP contribution < -0.4 is 5.73 Å². The Morgan fingerprint density at radius 1 is 1.40 bits per heavy atom. The molecule has 15 heavy (non-hydrogen) atoms. The molecule has 0 spiro atoms. The van der Waals surface area contributed by atoms with E-state index in [-0.39, 0.29) is 0 Å². The van der Waals surface area contributed by atoms with Crippen LogP contribution >= 0.6 is 28.1 Å². The summed E-state index contributed by atoms with van der Waals surface area (Å²) in [6.07, 6.45) is 1.73. The maximum absolute atomic E-state index is 5.63. The molecule has 2 N–H and O–H groups in total. The first-order valence-corrected chi connectivity index (χ1v) is 5.64. The number of halogens is 1. The van der Waals surface area contributed by atoms with Gasteiger partial charge in [0.1, 0.15) is 10.7 Å². The Morgan fingerprint density at radius 3 is 2.80 bits per heavy atom. The van der Waals surface area contributed by atoms with E-state index in [0.717, 1.165) is 15.2 Å². The van der Waals surface area contributed by atoms with Crippen molar-refractivity contribution in [2.45, 2.75) is 6.92 Å². The summed E-state index contributed by atoms with van der Waals surface area (Å²) < 4.78 is 0.956. The maximum atomic E-state index is 5.63. The van der Waals surface area contributed by atoms with E-state index in [4.69, 9.17) is 18.0 Å². The molecule has 2 aromatic rings. The molecule has 0 radical (unpaired) electrons. The predicted molar refractivity (Wildman–Crippen MR) is 70.1 cm³/mol. The smallest absolute Gasteiger partial charge is 0.123 e. The van der Waals surface area contributed by atoms with Crippen molar-refractivity contribution >= 4 is 43.9 Å². The molecule has 0 amide bonds. The molecular weight excluding hydrogens is 272 g/mol. The van der Waals surface area contributed by atoms with E-state index in [1.807, 2.05) is 19.1 Å². The lowest BCUT2D eigenvalue weighted by Gasteiger charge is -2.06. The lowest BCUT2D eigenvalue weighted by molar-refractivity contribution is 1.31. The topological polar surface area (TPSA) is 38.9 Å². The Labute approximate surface area is 102 Å². The Kier molecular flexibility index (Phi) is 2.71. The largest absolute Gasteiger partial charge is 0.388 e. The number of hydrogen-bond acceptors (Lipinski definition) is 2. The molecular formula is C11H9BrN2S. The molecule has 0 aliphatic rings. The monoisotopic (exact) mass is 280 g/mol. The van der Waals surface area contributed by atoms with E-state index in [2.05, 4.69) is 27.0 Å². The van der Waals surface area contributed by atoms with Crippen molar-refractivity contribution in [3.8, 4) is 0 Å². The summed E-state index contributed by atoms with van der Waals surface area (Å²) in [5, 5.41) is 2.08. The number of hydrogen-bond donors (Lipinski definition) is 1. The number of aryl methyl sites for hydroxylation is 1. The molecule has 0 saturated heterocycles. The number of pyridine rings is 1. The van der Waals surface area contributed by atoms with Crippen LogP contribution in [0.15, 0.2) is 28.9 Å². The maximum Gasteiger partial charge on any atom is 0.123 e. The van der Waals surface area contributed by atoms with Crippen molar-refractivity contribution in [1.82, 2.24) is 4.98 Å². The van der Waals surface area contributed by atoms with Gasteiger partial charge in [0.2, 0.25) is 0 Å². The van der Waals surface area contributed by atoms with Crippen LogP contribution in [0, 0.1) is 6.92 Å². The fraction of sp³-hybridized carbons (Fsp3) is 0.0909. The van der Waals surface area contributed by atoms with Crippen LogP contribution in [0.25, 0.3) is 10.8 Å². The van der Waals surface area contributed by atoms with Crippen molar-refractivity contribution in [2.24, 2.45) is 5.73 Å². The SMILES string of the molecule is Cc1ccc2c(Br)cnc(C(N)=S)c2c1. The Morgan fingerprint density at radius 2 is 2.13 bits per heavy atom. The molecule has 0 bridgehead atoms. The van der Waals surface area contributed by atoms with Crippen molar-refractivity contribution in [2.75, 3.05) is 0 Å². The number of thiocarbonyl (C=S) groups is 1. The van der Waals surface area contributed by atoms with Crippen LogP contribution in [-0.4, -0.2) is 9.97 Å². The lowest BCUT2D eigenvalue weighted by Crippen LogP contribution is -2.12. The Balaban J connectivity index is 2.90. The van der Waals surface area contributed by atoms with E-state index >= 15 is 0 Å². The summed E-state index contributed by atoms with van der Waals surface area (Å²) in [6, 6.07) is 6.14. The standard InChI is InChI=1S/C11H9BrN2S/c1-6-2-3-7-8(4-6)10(11(13)15)14-5-9(7)12/h2-5H,1H3,(H2,13,15). The summed E-state index contributed by atoms with van der Waals surface area (Å²) >= 11 is 8.43. The highest BCUT2D eigenvalue weighted by Crippen LogP contribution is 2.26. The third kappa shape index (κ3) is 1.87. The van der Waals surface area contributed by atoms with Crippen LogP contribution in [0.2, 0.25) is 0 Å². The molecule has 1 heterocycles. The Hall–Kier alpha value is -1.00. The summed E-state index contributed by atoms with van der Waals surface area (Å²) in [4.78, 5) is 4.57. The van der Waals surface area contributed by atoms with Crippen LogP contribution in [0.5, 0.6) is 0 Å². The minimum Gasteiger partial charge on any atom is -0.388 e. The molecule has 0 fully saturated rings. The average Bonchev–Trinajstić information content (AvgIpc) is 2.17. The van der Waals surface area contributed by atoms with Gasteiger partial charge in [-0.1, -0.05) is 29.9 Å². The zero-order chi connectivity index (χ0) is 11.0. The molecule has 0 unspecified atom stereocenters. The molecule has 4 heteroatoms. The van der Waals surface area contributed by atoms with Gasteiger partial charge in [0.25, 0.3) is 0 Å². The van der Waals surface area contributed by atoms with E-state index < -0.39 is 0 Å². The molecule has 0 aliphatic heterocycles. The van der Waals surface area contributed by atoms with Gasteiger partial charge in [0, 0.05) is 16.1 Å².